The third-order valence-electron chi connectivity index (χ3n) is 2.46. The van der Waals surface area contributed by atoms with Gasteiger partial charge in [-0.2, -0.15) is 13.2 Å². The zero-order chi connectivity index (χ0) is 11.9. The molecule has 0 aliphatic carbocycles. The predicted octanol–water partition coefficient (Wildman–Crippen LogP) is 2.63. The van der Waals surface area contributed by atoms with Gasteiger partial charge in [-0.25, -0.2) is 4.39 Å². The molecule has 2 nitrogen and oxygen atoms in total. The first-order chi connectivity index (χ1) is 7.39. The Balaban J connectivity index is 2.62. The summed E-state index contributed by atoms with van der Waals surface area (Å²) < 4.78 is 55.8. The van der Waals surface area contributed by atoms with E-state index < -0.39 is 23.6 Å². The topological polar surface area (TPSA) is 35.2 Å². The van der Waals surface area contributed by atoms with Crippen LogP contribution < -0.4 is 10.5 Å². The van der Waals surface area contributed by atoms with Crippen LogP contribution >= 0.6 is 0 Å². The van der Waals surface area contributed by atoms with Crippen LogP contribution in [-0.2, 0) is 6.18 Å². The highest BCUT2D eigenvalue weighted by molar-refractivity contribution is 5.46. The lowest BCUT2D eigenvalue weighted by atomic mass is 9.98. The van der Waals surface area contributed by atoms with Crippen LogP contribution in [0.5, 0.6) is 5.75 Å². The van der Waals surface area contributed by atoms with Gasteiger partial charge in [0.05, 0.1) is 6.61 Å². The van der Waals surface area contributed by atoms with Gasteiger partial charge in [0.2, 0.25) is 0 Å². The molecule has 1 aromatic rings. The number of rotatable bonds is 0. The van der Waals surface area contributed by atoms with E-state index in [1.807, 2.05) is 0 Å². The van der Waals surface area contributed by atoms with Crippen LogP contribution in [0.4, 0.5) is 17.6 Å². The molecule has 1 aliphatic rings. The first-order valence-electron chi connectivity index (χ1n) is 4.68. The van der Waals surface area contributed by atoms with E-state index in [0.29, 0.717) is 12.5 Å². The number of hydrogen-bond acceptors (Lipinski definition) is 2. The van der Waals surface area contributed by atoms with Crippen molar-refractivity contribution in [3.8, 4) is 5.75 Å². The molecule has 0 radical (unpaired) electrons. The monoisotopic (exact) mass is 235 g/mol. The largest absolute Gasteiger partial charge is 0.493 e. The van der Waals surface area contributed by atoms with Crippen molar-refractivity contribution in [2.24, 2.45) is 5.73 Å². The van der Waals surface area contributed by atoms with E-state index in [1.54, 1.807) is 0 Å². The summed E-state index contributed by atoms with van der Waals surface area (Å²) in [6.45, 7) is 0.114. The van der Waals surface area contributed by atoms with Gasteiger partial charge in [-0.15, -0.1) is 0 Å². The standard InChI is InChI=1S/C10H9F4NO/c11-5-3-6-8(15)1-2-16-9(6)7(4-5)10(12,13)14/h3-4,8H,1-2,15H2. The maximum Gasteiger partial charge on any atom is 0.420 e. The minimum Gasteiger partial charge on any atom is -0.493 e. The molecule has 0 amide bonds. The van der Waals surface area contributed by atoms with Crippen LogP contribution in [0.1, 0.15) is 23.6 Å². The number of benzene rings is 1. The average Bonchev–Trinajstić information content (AvgIpc) is 2.17. The molecule has 2 rings (SSSR count). The lowest BCUT2D eigenvalue weighted by molar-refractivity contribution is -0.139. The Morgan fingerprint density at radius 1 is 1.31 bits per heavy atom. The normalized spacial score (nSPS) is 20.2. The maximum absolute atomic E-state index is 13.0. The van der Waals surface area contributed by atoms with Crippen molar-refractivity contribution < 1.29 is 22.3 Å². The fraction of sp³-hybridized carbons (Fsp3) is 0.400. The van der Waals surface area contributed by atoms with Gasteiger partial charge in [0.25, 0.3) is 0 Å². The zero-order valence-electron chi connectivity index (χ0n) is 8.14. The van der Waals surface area contributed by atoms with Crippen molar-refractivity contribution in [1.29, 1.82) is 0 Å². The molecule has 0 bridgehead atoms. The molecule has 0 aromatic heterocycles. The molecule has 1 heterocycles. The minimum atomic E-state index is -4.64. The molecule has 2 N–H and O–H groups in total. The lowest BCUT2D eigenvalue weighted by Crippen LogP contribution is -2.23. The second-order valence-corrected chi connectivity index (χ2v) is 3.61. The van der Waals surface area contributed by atoms with Crippen LogP contribution in [0.2, 0.25) is 0 Å². The summed E-state index contributed by atoms with van der Waals surface area (Å²) in [6, 6.07) is 0.811. The van der Waals surface area contributed by atoms with Crippen molar-refractivity contribution in [3.63, 3.8) is 0 Å². The second-order valence-electron chi connectivity index (χ2n) is 3.61. The third kappa shape index (κ3) is 1.84. The molecule has 1 aliphatic heterocycles. The van der Waals surface area contributed by atoms with Gasteiger partial charge >= 0.3 is 6.18 Å². The Morgan fingerprint density at radius 2 is 2.00 bits per heavy atom. The van der Waals surface area contributed by atoms with Gasteiger partial charge in [-0.1, -0.05) is 0 Å². The Kier molecular flexibility index (Phi) is 2.53. The fourth-order valence-electron chi connectivity index (χ4n) is 1.71. The average molecular weight is 235 g/mol. The summed E-state index contributed by atoms with van der Waals surface area (Å²) in [7, 11) is 0. The Bertz CT molecular complexity index is 416. The van der Waals surface area contributed by atoms with Gasteiger partial charge in [0.15, 0.2) is 0 Å². The number of fused-ring (bicyclic) bond motifs is 1. The number of ether oxygens (including phenoxy) is 1. The van der Waals surface area contributed by atoms with Crippen molar-refractivity contribution in [2.45, 2.75) is 18.6 Å². The van der Waals surface area contributed by atoms with Crippen LogP contribution in [0.3, 0.4) is 0 Å². The smallest absolute Gasteiger partial charge is 0.420 e. The molecule has 6 heteroatoms. The predicted molar refractivity (Wildman–Crippen MR) is 48.4 cm³/mol. The van der Waals surface area contributed by atoms with Crippen molar-refractivity contribution >= 4 is 0 Å². The molecule has 1 atom stereocenters. The van der Waals surface area contributed by atoms with Crippen molar-refractivity contribution in [2.75, 3.05) is 6.61 Å². The quantitative estimate of drug-likeness (QED) is 0.701. The summed E-state index contributed by atoms with van der Waals surface area (Å²) in [6.07, 6.45) is -4.25. The molecule has 0 spiro atoms. The van der Waals surface area contributed by atoms with Gasteiger partial charge in [0, 0.05) is 18.0 Å². The first kappa shape index (κ1) is 11.2. The Hall–Kier alpha value is -1.30. The van der Waals surface area contributed by atoms with Crippen LogP contribution in [-0.4, -0.2) is 6.61 Å². The summed E-state index contributed by atoms with van der Waals surface area (Å²) >= 11 is 0. The van der Waals surface area contributed by atoms with E-state index in [4.69, 9.17) is 10.5 Å². The van der Waals surface area contributed by atoms with Gasteiger partial charge in [-0.3, -0.25) is 0 Å². The van der Waals surface area contributed by atoms with Crippen LogP contribution in [0.25, 0.3) is 0 Å². The number of hydrogen-bond donors (Lipinski definition) is 1. The zero-order valence-corrected chi connectivity index (χ0v) is 8.14. The van der Waals surface area contributed by atoms with E-state index >= 15 is 0 Å². The van der Waals surface area contributed by atoms with Gasteiger partial charge < -0.3 is 10.5 Å². The van der Waals surface area contributed by atoms with E-state index in [9.17, 15) is 17.6 Å². The Morgan fingerprint density at radius 3 is 2.62 bits per heavy atom. The lowest BCUT2D eigenvalue weighted by Gasteiger charge is -2.25. The summed E-state index contributed by atoms with van der Waals surface area (Å²) in [4.78, 5) is 0. The third-order valence-corrected chi connectivity index (χ3v) is 2.46. The number of halogens is 4. The SMILES string of the molecule is NC1CCOc2c1cc(F)cc2C(F)(F)F. The molecule has 16 heavy (non-hydrogen) atoms. The molecule has 0 saturated carbocycles. The van der Waals surface area contributed by atoms with Gasteiger partial charge in [-0.05, 0) is 12.1 Å². The first-order valence-corrected chi connectivity index (χ1v) is 4.68. The molecule has 0 fully saturated rings. The van der Waals surface area contributed by atoms with E-state index in [0.717, 1.165) is 6.07 Å². The highest BCUT2D eigenvalue weighted by Gasteiger charge is 2.38. The van der Waals surface area contributed by atoms with Crippen LogP contribution in [0.15, 0.2) is 12.1 Å². The highest BCUT2D eigenvalue weighted by Crippen LogP contribution is 2.42. The van der Waals surface area contributed by atoms with Crippen LogP contribution in [0, 0.1) is 5.82 Å². The molecular weight excluding hydrogens is 226 g/mol. The summed E-state index contributed by atoms with van der Waals surface area (Å²) in [5.74, 6) is -1.29. The minimum absolute atomic E-state index is 0.0820. The molecule has 88 valence electrons. The van der Waals surface area contributed by atoms with Crippen molar-refractivity contribution in [1.82, 2.24) is 0 Å². The summed E-state index contributed by atoms with van der Waals surface area (Å²) in [5, 5.41) is 0. The van der Waals surface area contributed by atoms with Gasteiger partial charge in [0.1, 0.15) is 17.1 Å². The highest BCUT2D eigenvalue weighted by atomic mass is 19.4. The molecule has 1 aromatic carbocycles. The number of alkyl halides is 3. The Labute approximate surface area is 89.0 Å². The molecule has 0 saturated heterocycles. The summed E-state index contributed by atoms with van der Waals surface area (Å²) in [5.41, 5.74) is 4.60. The second kappa shape index (κ2) is 3.62. The number of nitrogens with two attached hydrogens (primary N) is 1. The van der Waals surface area contributed by atoms with E-state index in [1.165, 1.54) is 0 Å². The molecular formula is C10H9F4NO. The maximum atomic E-state index is 13.0. The fourth-order valence-corrected chi connectivity index (χ4v) is 1.71. The molecule has 1 unspecified atom stereocenters. The van der Waals surface area contributed by atoms with E-state index in [2.05, 4.69) is 0 Å². The van der Waals surface area contributed by atoms with E-state index in [-0.39, 0.29) is 17.9 Å². The van der Waals surface area contributed by atoms with Crippen molar-refractivity contribution in [3.05, 3.63) is 29.1 Å².